The predicted octanol–water partition coefficient (Wildman–Crippen LogP) is 2.99. The lowest BCUT2D eigenvalue weighted by Gasteiger charge is -2.59. The van der Waals surface area contributed by atoms with Crippen LogP contribution >= 0.6 is 23.5 Å². The summed E-state index contributed by atoms with van der Waals surface area (Å²) < 4.78 is -0.721. The van der Waals surface area contributed by atoms with Crippen LogP contribution in [0.2, 0.25) is 0 Å². The second-order valence-corrected chi connectivity index (χ2v) is 12.2. The molecular weight excluding hydrogens is 384 g/mol. The van der Waals surface area contributed by atoms with E-state index in [9.17, 15) is 24.6 Å². The zero-order chi connectivity index (χ0) is 19.6. The van der Waals surface area contributed by atoms with Crippen LogP contribution in [0.3, 0.4) is 0 Å². The van der Waals surface area contributed by atoms with Gasteiger partial charge in [-0.05, 0) is 55.3 Å². The van der Waals surface area contributed by atoms with Crippen molar-refractivity contribution in [1.29, 1.82) is 0 Å². The van der Waals surface area contributed by atoms with Crippen LogP contribution in [-0.4, -0.2) is 49.4 Å². The molecule has 4 aliphatic rings. The van der Waals surface area contributed by atoms with E-state index < -0.39 is 15.5 Å². The lowest BCUT2D eigenvalue weighted by Crippen LogP contribution is -2.65. The normalized spacial score (nSPS) is 45.7. The quantitative estimate of drug-likeness (QED) is 0.689. The van der Waals surface area contributed by atoms with Gasteiger partial charge in [-0.2, -0.15) is 0 Å². The highest BCUT2D eigenvalue weighted by molar-refractivity contribution is 8.22. The maximum atomic E-state index is 13.4. The summed E-state index contributed by atoms with van der Waals surface area (Å²) in [6, 6.07) is 0. The Hall–Kier alpha value is -0.530. The molecule has 7 heteroatoms. The zero-order valence-corrected chi connectivity index (χ0v) is 17.5. The van der Waals surface area contributed by atoms with Gasteiger partial charge in [0.05, 0.1) is 6.10 Å². The third-order valence-electron chi connectivity index (χ3n) is 8.09. The Morgan fingerprint density at radius 1 is 1.07 bits per heavy atom. The molecule has 0 radical (unpaired) electrons. The molecule has 0 aromatic carbocycles. The average Bonchev–Trinajstić information content (AvgIpc) is 3.23. The highest BCUT2D eigenvalue weighted by atomic mass is 32.2. The van der Waals surface area contributed by atoms with Crippen molar-refractivity contribution in [2.24, 2.45) is 28.6 Å². The van der Waals surface area contributed by atoms with Gasteiger partial charge in [0.1, 0.15) is 4.08 Å². The second-order valence-electron chi connectivity index (χ2n) is 9.21. The number of ketones is 2. The van der Waals surface area contributed by atoms with Crippen LogP contribution < -0.4 is 0 Å². The number of Topliss-reactive ketones (excluding diaryl/α,β-unsaturated/α-hetero) is 2. The van der Waals surface area contributed by atoms with Crippen LogP contribution in [0.15, 0.2) is 0 Å². The molecule has 4 rings (SSSR count). The number of carbonyl (C=O) groups excluding carboxylic acids is 2. The van der Waals surface area contributed by atoms with Crippen LogP contribution in [0.5, 0.6) is 0 Å². The molecule has 1 saturated heterocycles. The molecule has 3 saturated carbocycles. The Morgan fingerprint density at radius 2 is 1.74 bits per heavy atom. The van der Waals surface area contributed by atoms with Crippen molar-refractivity contribution in [2.75, 3.05) is 11.5 Å². The smallest absolute Gasteiger partial charge is 0.303 e. The van der Waals surface area contributed by atoms with E-state index in [-0.39, 0.29) is 53.7 Å². The highest BCUT2D eigenvalue weighted by Gasteiger charge is 2.70. The van der Waals surface area contributed by atoms with Gasteiger partial charge in [-0.1, -0.05) is 13.8 Å². The zero-order valence-electron chi connectivity index (χ0n) is 15.9. The molecule has 0 aromatic rings. The average molecular weight is 413 g/mol. The van der Waals surface area contributed by atoms with Crippen molar-refractivity contribution in [3.63, 3.8) is 0 Å². The number of aliphatic carboxylic acids is 1. The number of aliphatic hydroxyl groups excluding tert-OH is 1. The minimum Gasteiger partial charge on any atom is -0.481 e. The van der Waals surface area contributed by atoms with E-state index in [1.165, 1.54) is 0 Å². The molecule has 5 nitrogen and oxygen atoms in total. The number of aliphatic hydroxyl groups is 1. The molecule has 4 fully saturated rings. The molecule has 1 heterocycles. The first-order valence-corrected chi connectivity index (χ1v) is 11.9. The first-order chi connectivity index (χ1) is 12.7. The van der Waals surface area contributed by atoms with Crippen LogP contribution in [0.4, 0.5) is 0 Å². The maximum absolute atomic E-state index is 13.4. The summed E-state index contributed by atoms with van der Waals surface area (Å²) in [6.07, 6.45) is 3.06. The van der Waals surface area contributed by atoms with Gasteiger partial charge in [0.25, 0.3) is 0 Å². The van der Waals surface area contributed by atoms with Crippen LogP contribution in [0, 0.1) is 28.6 Å². The Kier molecular flexibility index (Phi) is 4.75. The van der Waals surface area contributed by atoms with Crippen molar-refractivity contribution in [3.8, 4) is 0 Å². The molecule has 2 unspecified atom stereocenters. The summed E-state index contributed by atoms with van der Waals surface area (Å²) in [6.45, 7) is 3.98. The van der Waals surface area contributed by atoms with Gasteiger partial charge < -0.3 is 10.2 Å². The van der Waals surface area contributed by atoms with Crippen LogP contribution in [-0.2, 0) is 14.4 Å². The fraction of sp³-hybridized carbons (Fsp3) is 0.850. The van der Waals surface area contributed by atoms with Crippen molar-refractivity contribution < 1.29 is 24.6 Å². The molecule has 2 N–H and O–H groups in total. The molecule has 1 spiro atoms. The van der Waals surface area contributed by atoms with E-state index in [2.05, 4.69) is 6.92 Å². The molecule has 6 atom stereocenters. The summed E-state index contributed by atoms with van der Waals surface area (Å²) >= 11 is 3.26. The number of carboxylic acids is 1. The summed E-state index contributed by atoms with van der Waals surface area (Å²) in [5.74, 6) is 0.429. The lowest BCUT2D eigenvalue weighted by atomic mass is 9.48. The number of carboxylic acid groups (broad SMARTS) is 1. The van der Waals surface area contributed by atoms with E-state index >= 15 is 0 Å². The maximum Gasteiger partial charge on any atom is 0.303 e. The Morgan fingerprint density at radius 3 is 2.37 bits per heavy atom. The summed E-state index contributed by atoms with van der Waals surface area (Å²) in [4.78, 5) is 38.0. The Labute approximate surface area is 168 Å². The number of carbonyl (C=O) groups is 3. The van der Waals surface area contributed by atoms with Gasteiger partial charge in [0.15, 0.2) is 0 Å². The van der Waals surface area contributed by atoms with E-state index in [0.717, 1.165) is 37.2 Å². The van der Waals surface area contributed by atoms with Gasteiger partial charge in [-0.3, -0.25) is 14.4 Å². The third-order valence-corrected chi connectivity index (χ3v) is 11.6. The van der Waals surface area contributed by atoms with E-state index in [1.807, 2.05) is 6.92 Å². The predicted molar refractivity (Wildman–Crippen MR) is 106 cm³/mol. The summed E-state index contributed by atoms with van der Waals surface area (Å²) in [7, 11) is 0. The van der Waals surface area contributed by atoms with E-state index in [4.69, 9.17) is 0 Å². The summed E-state index contributed by atoms with van der Waals surface area (Å²) in [5, 5.41) is 19.9. The SMILES string of the molecule is C[C@@]1(CCC(=O)O)C(=O)C(=O)C2(SCCS2)[C@H]2C1CC[C@]1(C)C2CC[C@H]1O. The molecule has 0 amide bonds. The van der Waals surface area contributed by atoms with E-state index in [0.29, 0.717) is 0 Å². The number of hydrogen-bond acceptors (Lipinski definition) is 6. The first kappa shape index (κ1) is 19.8. The van der Waals surface area contributed by atoms with Crippen molar-refractivity contribution in [2.45, 2.75) is 62.6 Å². The highest BCUT2D eigenvalue weighted by Crippen LogP contribution is 2.69. The lowest BCUT2D eigenvalue weighted by molar-refractivity contribution is -0.160. The summed E-state index contributed by atoms with van der Waals surface area (Å²) in [5.41, 5.74) is -1.10. The van der Waals surface area contributed by atoms with Crippen LogP contribution in [0.1, 0.15) is 52.4 Å². The molecule has 1 aliphatic heterocycles. The number of thioether (sulfide) groups is 2. The topological polar surface area (TPSA) is 91.7 Å². The minimum absolute atomic E-state index is 0.0172. The molecule has 0 bridgehead atoms. The van der Waals surface area contributed by atoms with Crippen molar-refractivity contribution in [3.05, 3.63) is 0 Å². The number of hydrogen-bond donors (Lipinski definition) is 2. The van der Waals surface area contributed by atoms with Crippen molar-refractivity contribution >= 4 is 41.1 Å². The van der Waals surface area contributed by atoms with Crippen molar-refractivity contribution in [1.82, 2.24) is 0 Å². The largest absolute Gasteiger partial charge is 0.481 e. The van der Waals surface area contributed by atoms with E-state index in [1.54, 1.807) is 23.5 Å². The van der Waals surface area contributed by atoms with Gasteiger partial charge in [-0.15, -0.1) is 23.5 Å². The van der Waals surface area contributed by atoms with Crippen LogP contribution in [0.25, 0.3) is 0 Å². The minimum atomic E-state index is -0.921. The monoisotopic (exact) mass is 412 g/mol. The Balaban J connectivity index is 1.80. The fourth-order valence-corrected chi connectivity index (χ4v) is 10.1. The molecule has 27 heavy (non-hydrogen) atoms. The number of rotatable bonds is 3. The van der Waals surface area contributed by atoms with Gasteiger partial charge >= 0.3 is 5.97 Å². The molecule has 0 aromatic heterocycles. The number of fused-ring (bicyclic) bond motifs is 4. The van der Waals surface area contributed by atoms with Gasteiger partial charge in [-0.25, -0.2) is 0 Å². The second kappa shape index (κ2) is 6.49. The molecule has 3 aliphatic carbocycles. The first-order valence-electron chi connectivity index (χ1n) is 9.94. The van der Waals surface area contributed by atoms with Gasteiger partial charge in [0, 0.05) is 23.3 Å². The Bertz CT molecular complexity index is 688. The molecule has 150 valence electrons. The standard InChI is InChI=1S/C20H28O5S2/c1-18-7-5-12-15(11(18)3-4-13(18)21)20(26-9-10-27-20)17(25)16(24)19(12,2)8-6-14(22)23/h11-13,15,21H,3-10H2,1-2H3,(H,22,23)/t11?,12?,13-,15-,18-,19+/m1/s1. The fourth-order valence-electron chi connectivity index (χ4n) is 6.51. The molecular formula is C20H28O5S2. The third kappa shape index (κ3) is 2.60. The van der Waals surface area contributed by atoms with Gasteiger partial charge in [0.2, 0.25) is 11.6 Å².